The number of benzene rings is 1. The molecule has 0 atom stereocenters. The summed E-state index contributed by atoms with van der Waals surface area (Å²) in [6.07, 6.45) is 0. The Labute approximate surface area is 66.0 Å². The minimum absolute atomic E-state index is 0.333. The van der Waals surface area contributed by atoms with Gasteiger partial charge in [0, 0.05) is 12.6 Å². The molecule has 0 bridgehead atoms. The van der Waals surface area contributed by atoms with Crippen molar-refractivity contribution >= 4 is 11.6 Å². The van der Waals surface area contributed by atoms with Crippen molar-refractivity contribution in [1.82, 2.24) is 0 Å². The molecule has 1 aromatic carbocycles. The van der Waals surface area contributed by atoms with E-state index in [1.54, 1.807) is 0 Å². The molecule has 0 fully saturated rings. The predicted octanol–water partition coefficient (Wildman–Crippen LogP) is 0.760. The van der Waals surface area contributed by atoms with E-state index in [2.05, 4.69) is 5.73 Å². The van der Waals surface area contributed by atoms with Crippen LogP contribution in [-0.2, 0) is 4.79 Å². The Balaban J connectivity index is 0.000000218. The highest BCUT2D eigenvalue weighted by Gasteiger charge is 1.72. The van der Waals surface area contributed by atoms with Gasteiger partial charge < -0.3 is 11.5 Å². The molecular formula is C8H12N2O. The van der Waals surface area contributed by atoms with Gasteiger partial charge in [0.05, 0.1) is 0 Å². The Morgan fingerprint density at radius 3 is 1.82 bits per heavy atom. The summed E-state index contributed by atoms with van der Waals surface area (Å²) < 4.78 is 0. The quantitative estimate of drug-likeness (QED) is 0.539. The molecule has 3 heteroatoms. The standard InChI is InChI=1S/C6H7N.C2H5NO/c7-6-4-2-1-3-5-6;1-2(3)4/h1-5H,7H2;1H3,(H2,3,4). The van der Waals surface area contributed by atoms with Crippen molar-refractivity contribution in [3.05, 3.63) is 30.3 Å². The van der Waals surface area contributed by atoms with Gasteiger partial charge in [-0.05, 0) is 12.1 Å². The Morgan fingerprint density at radius 1 is 1.27 bits per heavy atom. The third-order valence-electron chi connectivity index (χ3n) is 0.800. The van der Waals surface area contributed by atoms with E-state index in [1.165, 1.54) is 6.92 Å². The number of anilines is 1. The zero-order chi connectivity index (χ0) is 8.69. The number of amides is 1. The number of hydrogen-bond donors (Lipinski definition) is 2. The van der Waals surface area contributed by atoms with E-state index >= 15 is 0 Å². The number of rotatable bonds is 0. The lowest BCUT2D eigenvalue weighted by molar-refractivity contribution is -0.115. The summed E-state index contributed by atoms with van der Waals surface area (Å²) in [5.41, 5.74) is 10.7. The lowest BCUT2D eigenvalue weighted by Gasteiger charge is -1.83. The molecule has 0 radical (unpaired) electrons. The third-order valence-corrected chi connectivity index (χ3v) is 0.800. The number of hydrogen-bond acceptors (Lipinski definition) is 2. The summed E-state index contributed by atoms with van der Waals surface area (Å²) in [7, 11) is 0. The smallest absolute Gasteiger partial charge is 0.214 e. The van der Waals surface area contributed by atoms with Gasteiger partial charge in [0.2, 0.25) is 5.91 Å². The first kappa shape index (κ1) is 9.49. The van der Waals surface area contributed by atoms with E-state index in [0.29, 0.717) is 0 Å². The molecule has 0 heterocycles. The largest absolute Gasteiger partial charge is 0.399 e. The molecule has 0 saturated carbocycles. The van der Waals surface area contributed by atoms with Gasteiger partial charge >= 0.3 is 0 Å². The van der Waals surface area contributed by atoms with Crippen molar-refractivity contribution in [2.24, 2.45) is 5.73 Å². The molecule has 0 saturated heterocycles. The minimum atomic E-state index is -0.333. The highest BCUT2D eigenvalue weighted by atomic mass is 16.1. The van der Waals surface area contributed by atoms with Crippen LogP contribution in [0.4, 0.5) is 5.69 Å². The molecule has 1 rings (SSSR count). The van der Waals surface area contributed by atoms with E-state index in [-0.39, 0.29) is 5.91 Å². The summed E-state index contributed by atoms with van der Waals surface area (Å²) >= 11 is 0. The second-order valence-electron chi connectivity index (χ2n) is 2.02. The Kier molecular flexibility index (Phi) is 4.56. The summed E-state index contributed by atoms with van der Waals surface area (Å²) in [6, 6.07) is 9.49. The fourth-order valence-electron chi connectivity index (χ4n) is 0.453. The average Bonchev–Trinajstić information content (AvgIpc) is 1.87. The molecular weight excluding hydrogens is 140 g/mol. The number of carbonyl (C=O) groups excluding carboxylic acids is 1. The lowest BCUT2D eigenvalue weighted by atomic mass is 10.3. The molecule has 4 N–H and O–H groups in total. The predicted molar refractivity (Wildman–Crippen MR) is 45.7 cm³/mol. The molecule has 0 aliphatic rings. The number of carbonyl (C=O) groups is 1. The van der Waals surface area contributed by atoms with Crippen LogP contribution in [-0.4, -0.2) is 5.91 Å². The zero-order valence-electron chi connectivity index (χ0n) is 6.45. The normalized spacial score (nSPS) is 7.73. The van der Waals surface area contributed by atoms with Gasteiger partial charge in [-0.3, -0.25) is 4.79 Å². The highest BCUT2D eigenvalue weighted by molar-refractivity contribution is 5.70. The van der Waals surface area contributed by atoms with Crippen LogP contribution in [0, 0.1) is 0 Å². The highest BCUT2D eigenvalue weighted by Crippen LogP contribution is 1.95. The summed E-state index contributed by atoms with van der Waals surface area (Å²) in [5.74, 6) is -0.333. The molecule has 0 aliphatic heterocycles. The fraction of sp³-hybridized carbons (Fsp3) is 0.125. The van der Waals surface area contributed by atoms with Crippen molar-refractivity contribution in [1.29, 1.82) is 0 Å². The van der Waals surface area contributed by atoms with E-state index in [1.807, 2.05) is 30.3 Å². The van der Waals surface area contributed by atoms with E-state index < -0.39 is 0 Å². The third kappa shape index (κ3) is 8.49. The van der Waals surface area contributed by atoms with Crippen LogP contribution in [0.5, 0.6) is 0 Å². The molecule has 1 amide bonds. The Hall–Kier alpha value is -1.51. The van der Waals surface area contributed by atoms with E-state index in [0.717, 1.165) is 5.69 Å². The molecule has 0 spiro atoms. The summed E-state index contributed by atoms with van der Waals surface area (Å²) in [5, 5.41) is 0. The Bertz CT molecular complexity index is 205. The van der Waals surface area contributed by atoms with Crippen LogP contribution < -0.4 is 11.5 Å². The van der Waals surface area contributed by atoms with Crippen molar-refractivity contribution in [3.63, 3.8) is 0 Å². The van der Waals surface area contributed by atoms with Crippen LogP contribution >= 0.6 is 0 Å². The van der Waals surface area contributed by atoms with Gasteiger partial charge in [-0.15, -0.1) is 0 Å². The maximum atomic E-state index is 9.22. The number of primary amides is 1. The van der Waals surface area contributed by atoms with Crippen molar-refractivity contribution in [2.75, 3.05) is 5.73 Å². The van der Waals surface area contributed by atoms with E-state index in [9.17, 15) is 4.79 Å². The first-order valence-electron chi connectivity index (χ1n) is 3.19. The van der Waals surface area contributed by atoms with Gasteiger partial charge in [0.25, 0.3) is 0 Å². The average molecular weight is 152 g/mol. The van der Waals surface area contributed by atoms with E-state index in [4.69, 9.17) is 5.73 Å². The van der Waals surface area contributed by atoms with Crippen LogP contribution in [0.1, 0.15) is 6.92 Å². The summed E-state index contributed by atoms with van der Waals surface area (Å²) in [6.45, 7) is 1.31. The molecule has 11 heavy (non-hydrogen) atoms. The maximum absolute atomic E-state index is 9.22. The number of nitrogens with two attached hydrogens (primary N) is 2. The second kappa shape index (κ2) is 5.29. The van der Waals surface area contributed by atoms with Gasteiger partial charge in [0.1, 0.15) is 0 Å². The minimum Gasteiger partial charge on any atom is -0.399 e. The van der Waals surface area contributed by atoms with Crippen molar-refractivity contribution in [3.8, 4) is 0 Å². The second-order valence-corrected chi connectivity index (χ2v) is 2.02. The van der Waals surface area contributed by atoms with Gasteiger partial charge in [-0.25, -0.2) is 0 Å². The van der Waals surface area contributed by atoms with Gasteiger partial charge in [-0.2, -0.15) is 0 Å². The van der Waals surface area contributed by atoms with Crippen molar-refractivity contribution < 1.29 is 4.79 Å². The van der Waals surface area contributed by atoms with Gasteiger partial charge in [-0.1, -0.05) is 18.2 Å². The van der Waals surface area contributed by atoms with Crippen LogP contribution in [0.3, 0.4) is 0 Å². The fourth-order valence-corrected chi connectivity index (χ4v) is 0.453. The van der Waals surface area contributed by atoms with Crippen molar-refractivity contribution in [2.45, 2.75) is 6.92 Å². The lowest BCUT2D eigenvalue weighted by Crippen LogP contribution is -2.01. The Morgan fingerprint density at radius 2 is 1.64 bits per heavy atom. The molecule has 0 unspecified atom stereocenters. The van der Waals surface area contributed by atoms with Crippen LogP contribution in [0.25, 0.3) is 0 Å². The molecule has 1 aromatic rings. The summed E-state index contributed by atoms with van der Waals surface area (Å²) in [4.78, 5) is 9.22. The molecule has 3 nitrogen and oxygen atoms in total. The number of nitrogen functional groups attached to an aromatic ring is 1. The van der Waals surface area contributed by atoms with Gasteiger partial charge in [0.15, 0.2) is 0 Å². The first-order valence-corrected chi connectivity index (χ1v) is 3.19. The first-order chi connectivity index (χ1) is 5.13. The molecule has 0 aromatic heterocycles. The molecule has 60 valence electrons. The van der Waals surface area contributed by atoms with Crippen LogP contribution in [0.2, 0.25) is 0 Å². The maximum Gasteiger partial charge on any atom is 0.214 e. The topological polar surface area (TPSA) is 69.1 Å². The zero-order valence-corrected chi connectivity index (χ0v) is 6.45. The molecule has 0 aliphatic carbocycles. The number of para-hydroxylation sites is 1. The van der Waals surface area contributed by atoms with Crippen LogP contribution in [0.15, 0.2) is 30.3 Å². The SMILES string of the molecule is CC(N)=O.Nc1ccccc1. The monoisotopic (exact) mass is 152 g/mol.